The van der Waals surface area contributed by atoms with Crippen LogP contribution >= 0.6 is 0 Å². The summed E-state index contributed by atoms with van der Waals surface area (Å²) in [6.45, 7) is 9.83. The minimum Gasteiger partial charge on any atom is -0.400 e. The minimum absolute atomic E-state index is 0. The van der Waals surface area contributed by atoms with Gasteiger partial charge in [0.1, 0.15) is 0 Å². The van der Waals surface area contributed by atoms with Gasteiger partial charge in [0.2, 0.25) is 0 Å². The smallest absolute Gasteiger partial charge is 0.0319 e. The highest BCUT2D eigenvalue weighted by molar-refractivity contribution is 5.60. The Morgan fingerprint density at radius 3 is 1.53 bits per heavy atom. The van der Waals surface area contributed by atoms with Crippen molar-refractivity contribution in [2.45, 2.75) is 35.6 Å². The Balaban J connectivity index is -0.0000000910. The Bertz CT molecular complexity index is 202. The summed E-state index contributed by atoms with van der Waals surface area (Å²) < 4.78 is 0. The van der Waals surface area contributed by atoms with Crippen molar-refractivity contribution in [3.63, 3.8) is 0 Å². The molecule has 0 fully saturated rings. The minimum atomic E-state index is 0. The molecule has 15 heavy (non-hydrogen) atoms. The Morgan fingerprint density at radius 2 is 1.33 bits per heavy atom. The second kappa shape index (κ2) is 18.7. The van der Waals surface area contributed by atoms with E-state index in [1.165, 1.54) is 5.56 Å². The maximum absolute atomic E-state index is 7.00. The fraction of sp³-hybridized carbons (Fsp3) is 0.429. The Hall–Kier alpha value is -1.08. The first-order valence-corrected chi connectivity index (χ1v) is 4.46. The number of allylic oxidation sites excluding steroid dienone is 1. The fourth-order valence-electron chi connectivity index (χ4n) is 0.723. The van der Waals surface area contributed by atoms with Gasteiger partial charge < -0.3 is 5.11 Å². The average molecular weight is 212 g/mol. The highest BCUT2D eigenvalue weighted by atomic mass is 16.2. The molecule has 0 unspecified atom stereocenters. The summed E-state index contributed by atoms with van der Waals surface area (Å²) in [5.41, 5.74) is 2.34. The first kappa shape index (κ1) is 23.6. The van der Waals surface area contributed by atoms with Crippen LogP contribution in [0.1, 0.15) is 41.2 Å². The van der Waals surface area contributed by atoms with Gasteiger partial charge in [-0.3, -0.25) is 0 Å². The molecule has 0 aromatic heterocycles. The Labute approximate surface area is 96.5 Å². The van der Waals surface area contributed by atoms with E-state index < -0.39 is 0 Å². The van der Waals surface area contributed by atoms with Crippen molar-refractivity contribution in [3.05, 3.63) is 42.5 Å². The molecule has 1 aromatic carbocycles. The van der Waals surface area contributed by atoms with Crippen molar-refractivity contribution in [1.82, 2.24) is 0 Å². The highest BCUT2D eigenvalue weighted by Crippen LogP contribution is 2.08. The van der Waals surface area contributed by atoms with Crippen LogP contribution in [0.25, 0.3) is 5.57 Å². The molecule has 0 atom stereocenters. The summed E-state index contributed by atoms with van der Waals surface area (Å²) in [5.74, 6) is 0. The predicted molar refractivity (Wildman–Crippen MR) is 74.1 cm³/mol. The first-order chi connectivity index (χ1) is 6.30. The third kappa shape index (κ3) is 12.9. The monoisotopic (exact) mass is 212 g/mol. The van der Waals surface area contributed by atoms with Crippen molar-refractivity contribution in [3.8, 4) is 0 Å². The largest absolute Gasteiger partial charge is 0.400 e. The Morgan fingerprint density at radius 1 is 1.00 bits per heavy atom. The van der Waals surface area contributed by atoms with Gasteiger partial charge in [-0.05, 0) is 12.5 Å². The van der Waals surface area contributed by atoms with E-state index in [0.29, 0.717) is 0 Å². The number of hydrogen-bond acceptors (Lipinski definition) is 1. The molecule has 0 aliphatic carbocycles. The highest BCUT2D eigenvalue weighted by Gasteiger charge is 1.86. The average Bonchev–Trinajstić information content (AvgIpc) is 2.25. The van der Waals surface area contributed by atoms with Crippen LogP contribution in [0.2, 0.25) is 0 Å². The molecule has 1 heteroatoms. The van der Waals surface area contributed by atoms with E-state index in [1.807, 2.05) is 39.0 Å². The molecule has 0 aliphatic heterocycles. The molecular formula is C14H28O. The molecule has 1 N–H and O–H groups in total. The van der Waals surface area contributed by atoms with E-state index >= 15 is 0 Å². The van der Waals surface area contributed by atoms with E-state index in [2.05, 4.69) is 18.7 Å². The maximum Gasteiger partial charge on any atom is 0.0319 e. The van der Waals surface area contributed by atoms with Gasteiger partial charge >= 0.3 is 0 Å². The number of rotatable bonds is 1. The number of aliphatic hydroxyl groups is 1. The molecule has 0 bridgehead atoms. The Kier molecular flexibility index (Phi) is 29.4. The van der Waals surface area contributed by atoms with Crippen LogP contribution < -0.4 is 0 Å². The lowest BCUT2D eigenvalue weighted by molar-refractivity contribution is 0.399. The van der Waals surface area contributed by atoms with Gasteiger partial charge in [-0.15, -0.1) is 0 Å². The van der Waals surface area contributed by atoms with Crippen LogP contribution in [0.15, 0.2) is 36.9 Å². The number of aliphatic hydroxyl groups excluding tert-OH is 1. The second-order valence-corrected chi connectivity index (χ2v) is 2.15. The van der Waals surface area contributed by atoms with Gasteiger partial charge in [0.25, 0.3) is 0 Å². The molecule has 0 aliphatic rings. The molecule has 0 spiro atoms. The normalized spacial score (nSPS) is 6.20. The number of benzene rings is 1. The zero-order valence-corrected chi connectivity index (χ0v) is 9.04. The van der Waals surface area contributed by atoms with E-state index in [1.54, 1.807) is 0 Å². The van der Waals surface area contributed by atoms with Gasteiger partial charge in [-0.1, -0.05) is 71.2 Å². The maximum atomic E-state index is 7.00. The number of hydrogen-bond donors (Lipinski definition) is 1. The summed E-state index contributed by atoms with van der Waals surface area (Å²) in [4.78, 5) is 0. The van der Waals surface area contributed by atoms with Gasteiger partial charge in [0.15, 0.2) is 0 Å². The SMILES string of the molecule is C.C.C=C(C)c1ccccc1.CC.CO. The molecule has 0 amide bonds. The van der Waals surface area contributed by atoms with Crippen molar-refractivity contribution in [2.24, 2.45) is 0 Å². The van der Waals surface area contributed by atoms with Crippen molar-refractivity contribution in [2.75, 3.05) is 7.11 Å². The zero-order chi connectivity index (χ0) is 10.7. The standard InChI is InChI=1S/C9H10.C2H6.CH4O.2CH4/c1-8(2)9-6-4-3-5-7-9;2*1-2;;/h3-7H,1H2,2H3;1-2H3;2H,1H3;2*1H4. The molecule has 90 valence electrons. The summed E-state index contributed by atoms with van der Waals surface area (Å²) in [7, 11) is 1.00. The lowest BCUT2D eigenvalue weighted by Crippen LogP contribution is -1.72. The van der Waals surface area contributed by atoms with Crippen molar-refractivity contribution < 1.29 is 5.11 Å². The van der Waals surface area contributed by atoms with Crippen LogP contribution in [0.4, 0.5) is 0 Å². The van der Waals surface area contributed by atoms with E-state index in [4.69, 9.17) is 5.11 Å². The van der Waals surface area contributed by atoms with E-state index in [-0.39, 0.29) is 14.9 Å². The molecule has 0 saturated carbocycles. The summed E-state index contributed by atoms with van der Waals surface area (Å²) >= 11 is 0. The molecule has 1 nitrogen and oxygen atoms in total. The summed E-state index contributed by atoms with van der Waals surface area (Å²) in [6, 6.07) is 10.2. The van der Waals surface area contributed by atoms with Crippen LogP contribution in [0.5, 0.6) is 0 Å². The molecule has 0 heterocycles. The lowest BCUT2D eigenvalue weighted by atomic mass is 10.1. The first-order valence-electron chi connectivity index (χ1n) is 4.46. The quantitative estimate of drug-likeness (QED) is 0.719. The summed E-state index contributed by atoms with van der Waals surface area (Å²) in [5, 5.41) is 7.00. The topological polar surface area (TPSA) is 20.2 Å². The second-order valence-electron chi connectivity index (χ2n) is 2.15. The van der Waals surface area contributed by atoms with Gasteiger partial charge in [-0.2, -0.15) is 0 Å². The molecular weight excluding hydrogens is 184 g/mol. The van der Waals surface area contributed by atoms with Crippen molar-refractivity contribution >= 4 is 5.57 Å². The van der Waals surface area contributed by atoms with Crippen LogP contribution in [-0.2, 0) is 0 Å². The van der Waals surface area contributed by atoms with Gasteiger partial charge in [-0.25, -0.2) is 0 Å². The van der Waals surface area contributed by atoms with Gasteiger partial charge in [0.05, 0.1) is 0 Å². The zero-order valence-electron chi connectivity index (χ0n) is 9.04. The summed E-state index contributed by atoms with van der Waals surface area (Å²) in [6.07, 6.45) is 0. The van der Waals surface area contributed by atoms with Crippen LogP contribution in [-0.4, -0.2) is 12.2 Å². The lowest BCUT2D eigenvalue weighted by Gasteiger charge is -1.94. The third-order valence-electron chi connectivity index (χ3n) is 1.27. The molecule has 1 rings (SSSR count). The fourth-order valence-corrected chi connectivity index (χ4v) is 0.723. The third-order valence-corrected chi connectivity index (χ3v) is 1.27. The molecule has 0 radical (unpaired) electrons. The van der Waals surface area contributed by atoms with E-state index in [9.17, 15) is 0 Å². The van der Waals surface area contributed by atoms with Crippen LogP contribution in [0.3, 0.4) is 0 Å². The van der Waals surface area contributed by atoms with Gasteiger partial charge in [0, 0.05) is 7.11 Å². The van der Waals surface area contributed by atoms with Crippen LogP contribution in [0, 0.1) is 0 Å². The molecule has 0 saturated heterocycles. The van der Waals surface area contributed by atoms with Crippen molar-refractivity contribution in [1.29, 1.82) is 0 Å². The molecule has 1 aromatic rings. The van der Waals surface area contributed by atoms with E-state index in [0.717, 1.165) is 12.7 Å². The predicted octanol–water partition coefficient (Wildman–Crippen LogP) is 4.63.